The molecule has 0 unspecified atom stereocenters. The number of hydrogen-bond donors (Lipinski definition) is 0. The summed E-state index contributed by atoms with van der Waals surface area (Å²) >= 11 is 0. The number of methoxy groups -OCH3 is 2. The number of hydrogen-bond acceptors (Lipinski definition) is 5. The molecule has 2 heterocycles. The molecule has 2 aromatic carbocycles. The average Bonchev–Trinajstić information content (AvgIpc) is 3.11. The van der Waals surface area contributed by atoms with Crippen molar-refractivity contribution in [3.8, 4) is 22.8 Å². The molecule has 0 radical (unpaired) electrons. The Bertz CT molecular complexity index is 1100. The molecule has 24 heavy (non-hydrogen) atoms. The first-order chi connectivity index (χ1) is 11.7. The van der Waals surface area contributed by atoms with Gasteiger partial charge in [-0.05, 0) is 24.3 Å². The van der Waals surface area contributed by atoms with Gasteiger partial charge in [0.05, 0.1) is 31.3 Å². The Morgan fingerprint density at radius 3 is 2.58 bits per heavy atom. The van der Waals surface area contributed by atoms with Crippen molar-refractivity contribution in [3.63, 3.8) is 0 Å². The summed E-state index contributed by atoms with van der Waals surface area (Å²) in [6.07, 6.45) is 1.55. The molecule has 2 aromatic heterocycles. The predicted octanol–water partition coefficient (Wildman–Crippen LogP) is 4.22. The minimum atomic E-state index is -0.143. The zero-order valence-corrected chi connectivity index (χ0v) is 13.2. The second kappa shape index (κ2) is 5.45. The van der Waals surface area contributed by atoms with Gasteiger partial charge in [-0.25, -0.2) is 0 Å². The maximum Gasteiger partial charge on any atom is 0.193 e. The summed E-state index contributed by atoms with van der Waals surface area (Å²) in [6, 6.07) is 12.2. The summed E-state index contributed by atoms with van der Waals surface area (Å²) in [4.78, 5) is 12.6. The molecule has 5 heteroatoms. The summed E-state index contributed by atoms with van der Waals surface area (Å²) in [6.45, 7) is 0. The van der Waals surface area contributed by atoms with Crippen LogP contribution in [0.4, 0.5) is 0 Å². The molecule has 0 bridgehead atoms. The largest absolute Gasteiger partial charge is 0.497 e. The van der Waals surface area contributed by atoms with Gasteiger partial charge in [0.15, 0.2) is 16.8 Å². The van der Waals surface area contributed by atoms with Crippen LogP contribution >= 0.6 is 0 Å². The molecule has 0 aliphatic heterocycles. The van der Waals surface area contributed by atoms with E-state index in [1.54, 1.807) is 25.5 Å². The number of fused-ring (bicyclic) bond motifs is 3. The van der Waals surface area contributed by atoms with Crippen LogP contribution in [0.5, 0.6) is 11.5 Å². The first-order valence-electron chi connectivity index (χ1n) is 7.38. The lowest BCUT2D eigenvalue weighted by Gasteiger charge is -2.07. The smallest absolute Gasteiger partial charge is 0.193 e. The predicted molar refractivity (Wildman–Crippen MR) is 90.8 cm³/mol. The molecule has 0 fully saturated rings. The van der Waals surface area contributed by atoms with Gasteiger partial charge in [0.1, 0.15) is 17.1 Å². The van der Waals surface area contributed by atoms with E-state index >= 15 is 0 Å². The topological polar surface area (TPSA) is 61.8 Å². The first kappa shape index (κ1) is 14.4. The van der Waals surface area contributed by atoms with E-state index in [0.717, 1.165) is 5.56 Å². The molecule has 120 valence electrons. The van der Waals surface area contributed by atoms with Crippen molar-refractivity contribution in [2.45, 2.75) is 0 Å². The Labute approximate surface area is 137 Å². The number of furan rings is 1. The SMILES string of the molecule is COc1cccc(-c2cc(=O)c3cc(OC)c4occc4c3o2)c1. The lowest BCUT2D eigenvalue weighted by Crippen LogP contribution is -2.01. The van der Waals surface area contributed by atoms with E-state index in [-0.39, 0.29) is 5.43 Å². The fraction of sp³-hybridized carbons (Fsp3) is 0.105. The van der Waals surface area contributed by atoms with Crippen LogP contribution in [-0.4, -0.2) is 14.2 Å². The van der Waals surface area contributed by atoms with Crippen molar-refractivity contribution < 1.29 is 18.3 Å². The standard InChI is InChI=1S/C19H14O5/c1-21-12-5-3-4-11(8-12)16-10-15(20)14-9-17(22-2)19-13(6-7-23-19)18(14)24-16/h3-10H,1-2H3. The summed E-state index contributed by atoms with van der Waals surface area (Å²) in [7, 11) is 3.13. The quantitative estimate of drug-likeness (QED) is 0.565. The Hall–Kier alpha value is -3.21. The third-order valence-corrected chi connectivity index (χ3v) is 3.97. The normalized spacial score (nSPS) is 11.1. The van der Waals surface area contributed by atoms with E-state index < -0.39 is 0 Å². The van der Waals surface area contributed by atoms with Crippen LogP contribution in [0.15, 0.2) is 62.4 Å². The summed E-state index contributed by atoms with van der Waals surface area (Å²) in [5.41, 5.74) is 1.65. The lowest BCUT2D eigenvalue weighted by molar-refractivity contribution is 0.410. The highest BCUT2D eigenvalue weighted by Gasteiger charge is 2.16. The molecular formula is C19H14O5. The minimum Gasteiger partial charge on any atom is -0.497 e. The molecule has 5 nitrogen and oxygen atoms in total. The molecule has 4 aromatic rings. The Morgan fingerprint density at radius 2 is 1.79 bits per heavy atom. The van der Waals surface area contributed by atoms with Crippen LogP contribution in [0, 0.1) is 0 Å². The Kier molecular flexibility index (Phi) is 3.27. The fourth-order valence-electron chi connectivity index (χ4n) is 2.79. The van der Waals surface area contributed by atoms with Crippen molar-refractivity contribution in [1.82, 2.24) is 0 Å². The van der Waals surface area contributed by atoms with E-state index in [1.165, 1.54) is 13.2 Å². The summed E-state index contributed by atoms with van der Waals surface area (Å²) in [5.74, 6) is 1.67. The zero-order valence-electron chi connectivity index (χ0n) is 13.2. The molecule has 4 rings (SSSR count). The Morgan fingerprint density at radius 1 is 0.917 bits per heavy atom. The number of rotatable bonds is 3. The van der Waals surface area contributed by atoms with E-state index in [4.69, 9.17) is 18.3 Å². The number of benzene rings is 2. The highest BCUT2D eigenvalue weighted by atomic mass is 16.5. The minimum absolute atomic E-state index is 0.143. The third kappa shape index (κ3) is 2.13. The third-order valence-electron chi connectivity index (χ3n) is 3.97. The first-order valence-corrected chi connectivity index (χ1v) is 7.38. The van der Waals surface area contributed by atoms with Gasteiger partial charge in [-0.3, -0.25) is 4.79 Å². The van der Waals surface area contributed by atoms with E-state index in [2.05, 4.69) is 0 Å². The van der Waals surface area contributed by atoms with E-state index in [0.29, 0.717) is 39.2 Å². The zero-order chi connectivity index (χ0) is 16.7. The molecule has 0 N–H and O–H groups in total. The lowest BCUT2D eigenvalue weighted by atomic mass is 10.1. The Balaban J connectivity index is 2.05. The van der Waals surface area contributed by atoms with Gasteiger partial charge in [0, 0.05) is 11.6 Å². The van der Waals surface area contributed by atoms with Gasteiger partial charge >= 0.3 is 0 Å². The second-order valence-corrected chi connectivity index (χ2v) is 5.33. The van der Waals surface area contributed by atoms with Gasteiger partial charge in [0.25, 0.3) is 0 Å². The summed E-state index contributed by atoms with van der Waals surface area (Å²) < 4.78 is 22.0. The van der Waals surface area contributed by atoms with Gasteiger partial charge in [0.2, 0.25) is 0 Å². The highest BCUT2D eigenvalue weighted by Crippen LogP contribution is 2.35. The van der Waals surface area contributed by atoms with Crippen LogP contribution in [0.2, 0.25) is 0 Å². The molecule has 0 aliphatic carbocycles. The summed E-state index contributed by atoms with van der Waals surface area (Å²) in [5, 5.41) is 1.15. The van der Waals surface area contributed by atoms with Crippen molar-refractivity contribution in [2.24, 2.45) is 0 Å². The number of ether oxygens (including phenoxy) is 2. The second-order valence-electron chi connectivity index (χ2n) is 5.33. The van der Waals surface area contributed by atoms with E-state index in [9.17, 15) is 4.79 Å². The van der Waals surface area contributed by atoms with Crippen LogP contribution in [0.3, 0.4) is 0 Å². The molecule has 0 saturated heterocycles. The maximum absolute atomic E-state index is 12.6. The van der Waals surface area contributed by atoms with E-state index in [1.807, 2.05) is 24.3 Å². The maximum atomic E-state index is 12.6. The molecule has 0 saturated carbocycles. The van der Waals surface area contributed by atoms with Gasteiger partial charge in [-0.2, -0.15) is 0 Å². The monoisotopic (exact) mass is 322 g/mol. The highest BCUT2D eigenvalue weighted by molar-refractivity contribution is 6.05. The average molecular weight is 322 g/mol. The van der Waals surface area contributed by atoms with Crippen molar-refractivity contribution in [1.29, 1.82) is 0 Å². The molecular weight excluding hydrogens is 308 g/mol. The molecule has 0 spiro atoms. The molecule has 0 atom stereocenters. The fourth-order valence-corrected chi connectivity index (χ4v) is 2.79. The van der Waals surface area contributed by atoms with Crippen molar-refractivity contribution in [3.05, 3.63) is 59.0 Å². The van der Waals surface area contributed by atoms with Gasteiger partial charge in [-0.1, -0.05) is 12.1 Å². The van der Waals surface area contributed by atoms with Crippen molar-refractivity contribution >= 4 is 21.9 Å². The van der Waals surface area contributed by atoms with Crippen LogP contribution in [-0.2, 0) is 0 Å². The molecule has 0 aliphatic rings. The van der Waals surface area contributed by atoms with Gasteiger partial charge < -0.3 is 18.3 Å². The van der Waals surface area contributed by atoms with Crippen LogP contribution in [0.1, 0.15) is 0 Å². The van der Waals surface area contributed by atoms with Gasteiger partial charge in [-0.15, -0.1) is 0 Å². The van der Waals surface area contributed by atoms with Crippen LogP contribution in [0.25, 0.3) is 33.3 Å². The van der Waals surface area contributed by atoms with Crippen LogP contribution < -0.4 is 14.9 Å². The molecule has 0 amide bonds. The van der Waals surface area contributed by atoms with Crippen molar-refractivity contribution in [2.75, 3.05) is 14.2 Å².